The van der Waals surface area contributed by atoms with E-state index in [1.165, 1.54) is 43.4 Å². The number of fused-ring (bicyclic) bond motifs is 4. The summed E-state index contributed by atoms with van der Waals surface area (Å²) in [4.78, 5) is 0. The highest BCUT2D eigenvalue weighted by atomic mass is 16.5. The van der Waals surface area contributed by atoms with Gasteiger partial charge < -0.3 is 10.1 Å². The first-order valence-corrected chi connectivity index (χ1v) is 12.3. The summed E-state index contributed by atoms with van der Waals surface area (Å²) in [6.45, 7) is 12.7. The van der Waals surface area contributed by atoms with Crippen molar-refractivity contribution in [2.75, 3.05) is 0 Å². The zero-order chi connectivity index (χ0) is 20.6. The Hall–Kier alpha value is -1.50. The predicted octanol–water partition coefficient (Wildman–Crippen LogP) is 6.04. The van der Waals surface area contributed by atoms with Gasteiger partial charge in [0, 0.05) is 22.7 Å². The van der Waals surface area contributed by atoms with Crippen LogP contribution in [0, 0.1) is 39.9 Å². The average Bonchev–Trinajstić information content (AvgIpc) is 3.28. The molecule has 158 valence electrons. The summed E-state index contributed by atoms with van der Waals surface area (Å²) in [6, 6.07) is 0. The Morgan fingerprint density at radius 1 is 1.13 bits per heavy atom. The van der Waals surface area contributed by atoms with Crippen molar-refractivity contribution in [3.05, 3.63) is 52.1 Å². The first kappa shape index (κ1) is 18.1. The molecule has 7 rings (SSSR count). The van der Waals surface area contributed by atoms with Crippen molar-refractivity contribution in [3.63, 3.8) is 0 Å². The van der Waals surface area contributed by atoms with Crippen molar-refractivity contribution in [2.24, 2.45) is 39.9 Å². The molecule has 2 saturated carbocycles. The van der Waals surface area contributed by atoms with Crippen LogP contribution in [0.2, 0.25) is 0 Å². The van der Waals surface area contributed by atoms with E-state index in [0.29, 0.717) is 28.8 Å². The van der Waals surface area contributed by atoms with Gasteiger partial charge in [0.2, 0.25) is 0 Å². The molecule has 1 spiro atoms. The number of ether oxygens (including phenoxy) is 1. The standard InChI is InChI=1S/C28H35NO/c1-15-11-12-27(5)16(2)9-10-21-28(27)13-20(30-21)25-23(24(15)28)17-14-29-19-8-6-7-18(22(17)19)26(25,3)4/h6,8,14-16,20-22,24,29H,9-13H2,1-5H3/t15-,16-,20-,21+,22?,24+,27+,28+/m0/s1. The van der Waals surface area contributed by atoms with Crippen molar-refractivity contribution >= 4 is 0 Å². The molecule has 0 radical (unpaired) electrons. The van der Waals surface area contributed by atoms with Gasteiger partial charge in [-0.1, -0.05) is 34.6 Å². The largest absolute Gasteiger partial charge is 0.370 e. The SMILES string of the molecule is C[C@H]1CC[C@]2(C)[C@@H](C)CC[C@H]3O[C@H]4C[C@]32[C@H]1C1=C4C(C)(C)C2=C=CC=C3NC=C1C23. The van der Waals surface area contributed by atoms with Crippen LogP contribution in [-0.2, 0) is 4.74 Å². The van der Waals surface area contributed by atoms with Crippen LogP contribution in [0.1, 0.15) is 66.7 Å². The third-order valence-electron chi connectivity index (χ3n) is 11.1. The summed E-state index contributed by atoms with van der Waals surface area (Å²) >= 11 is 0. The van der Waals surface area contributed by atoms with E-state index in [2.05, 4.69) is 64.0 Å². The van der Waals surface area contributed by atoms with Crippen molar-refractivity contribution in [1.82, 2.24) is 5.32 Å². The molecular formula is C28H35NO. The summed E-state index contributed by atoms with van der Waals surface area (Å²) in [5.41, 5.74) is 12.1. The molecule has 0 aromatic rings. The van der Waals surface area contributed by atoms with Gasteiger partial charge >= 0.3 is 0 Å². The summed E-state index contributed by atoms with van der Waals surface area (Å²) in [5.74, 6) is 2.55. The van der Waals surface area contributed by atoms with Crippen LogP contribution in [0.25, 0.3) is 0 Å². The second-order valence-corrected chi connectivity index (χ2v) is 12.2. The minimum absolute atomic E-state index is 0.0122. The molecule has 3 fully saturated rings. The summed E-state index contributed by atoms with van der Waals surface area (Å²) in [5, 5.41) is 3.66. The number of hydrogen-bond donors (Lipinski definition) is 1. The number of nitrogens with one attached hydrogen (secondary N) is 1. The van der Waals surface area contributed by atoms with Crippen LogP contribution in [-0.4, -0.2) is 12.2 Å². The topological polar surface area (TPSA) is 21.3 Å². The highest BCUT2D eigenvalue weighted by Gasteiger charge is 2.72. The van der Waals surface area contributed by atoms with Gasteiger partial charge in [-0.15, -0.1) is 5.73 Å². The monoisotopic (exact) mass is 401 g/mol. The van der Waals surface area contributed by atoms with Crippen molar-refractivity contribution in [3.8, 4) is 0 Å². The Balaban J connectivity index is 1.54. The number of allylic oxidation sites excluding steroid dienone is 3. The van der Waals surface area contributed by atoms with Crippen molar-refractivity contribution < 1.29 is 4.74 Å². The molecule has 2 bridgehead atoms. The lowest BCUT2D eigenvalue weighted by Crippen LogP contribution is -2.62. The minimum Gasteiger partial charge on any atom is -0.370 e. The maximum Gasteiger partial charge on any atom is 0.0810 e. The predicted molar refractivity (Wildman–Crippen MR) is 119 cm³/mol. The van der Waals surface area contributed by atoms with E-state index in [0.717, 1.165) is 11.8 Å². The zero-order valence-corrected chi connectivity index (χ0v) is 19.1. The van der Waals surface area contributed by atoms with Crippen LogP contribution in [0.15, 0.2) is 52.1 Å². The highest BCUT2D eigenvalue weighted by molar-refractivity contribution is 5.63. The average molecular weight is 402 g/mol. The van der Waals surface area contributed by atoms with Gasteiger partial charge in [0.1, 0.15) is 0 Å². The molecule has 2 aliphatic heterocycles. The van der Waals surface area contributed by atoms with E-state index >= 15 is 0 Å². The molecule has 30 heavy (non-hydrogen) atoms. The first-order valence-electron chi connectivity index (χ1n) is 12.3. The lowest BCUT2D eigenvalue weighted by Gasteiger charge is -2.66. The molecule has 5 aliphatic carbocycles. The fourth-order valence-corrected chi connectivity index (χ4v) is 9.58. The molecular weight excluding hydrogens is 366 g/mol. The van der Waals surface area contributed by atoms with Gasteiger partial charge in [0.05, 0.1) is 18.1 Å². The Morgan fingerprint density at radius 2 is 1.97 bits per heavy atom. The lowest BCUT2D eigenvalue weighted by molar-refractivity contribution is -0.163. The van der Waals surface area contributed by atoms with Crippen LogP contribution in [0.3, 0.4) is 0 Å². The quantitative estimate of drug-likeness (QED) is 0.499. The van der Waals surface area contributed by atoms with Gasteiger partial charge in [0.15, 0.2) is 0 Å². The Kier molecular flexibility index (Phi) is 3.18. The number of rotatable bonds is 0. The van der Waals surface area contributed by atoms with E-state index in [-0.39, 0.29) is 11.5 Å². The van der Waals surface area contributed by atoms with Gasteiger partial charge in [-0.2, -0.15) is 0 Å². The van der Waals surface area contributed by atoms with Crippen LogP contribution in [0.4, 0.5) is 0 Å². The second-order valence-electron chi connectivity index (χ2n) is 12.2. The van der Waals surface area contributed by atoms with E-state index in [1.54, 1.807) is 16.7 Å². The molecule has 2 nitrogen and oxygen atoms in total. The maximum atomic E-state index is 7.10. The second kappa shape index (κ2) is 5.28. The molecule has 1 saturated heterocycles. The Bertz CT molecular complexity index is 1030. The van der Waals surface area contributed by atoms with E-state index < -0.39 is 0 Å². The van der Waals surface area contributed by atoms with E-state index in [4.69, 9.17) is 4.74 Å². The van der Waals surface area contributed by atoms with Crippen LogP contribution >= 0.6 is 0 Å². The molecule has 1 unspecified atom stereocenters. The molecule has 0 aromatic heterocycles. The molecule has 1 N–H and O–H groups in total. The van der Waals surface area contributed by atoms with Crippen molar-refractivity contribution in [2.45, 2.75) is 78.9 Å². The van der Waals surface area contributed by atoms with Gasteiger partial charge in [-0.25, -0.2) is 0 Å². The Labute approximate surface area is 181 Å². The molecule has 7 aliphatic rings. The summed E-state index contributed by atoms with van der Waals surface area (Å²) in [7, 11) is 0. The third kappa shape index (κ3) is 1.71. The number of hydrogen-bond acceptors (Lipinski definition) is 2. The van der Waals surface area contributed by atoms with Crippen LogP contribution < -0.4 is 5.32 Å². The zero-order valence-electron chi connectivity index (χ0n) is 19.1. The van der Waals surface area contributed by atoms with E-state index in [1.807, 2.05) is 0 Å². The fourth-order valence-electron chi connectivity index (χ4n) is 9.58. The highest BCUT2D eigenvalue weighted by Crippen LogP contribution is 2.76. The minimum atomic E-state index is 0.0122. The molecule has 2 heterocycles. The van der Waals surface area contributed by atoms with Gasteiger partial charge in [0.25, 0.3) is 0 Å². The fraction of sp³-hybridized carbons (Fsp3) is 0.679. The van der Waals surface area contributed by atoms with Crippen molar-refractivity contribution in [1.29, 1.82) is 0 Å². The lowest BCUT2D eigenvalue weighted by atomic mass is 9.37. The third-order valence-corrected chi connectivity index (χ3v) is 11.1. The maximum absolute atomic E-state index is 7.10. The first-order chi connectivity index (χ1) is 14.3. The molecule has 0 aromatic carbocycles. The Morgan fingerprint density at radius 3 is 2.80 bits per heavy atom. The molecule has 8 atom stereocenters. The van der Waals surface area contributed by atoms with E-state index in [9.17, 15) is 0 Å². The smallest absolute Gasteiger partial charge is 0.0810 e. The normalized spacial score (nSPS) is 51.3. The van der Waals surface area contributed by atoms with Crippen LogP contribution in [0.5, 0.6) is 0 Å². The van der Waals surface area contributed by atoms with Gasteiger partial charge in [-0.3, -0.25) is 0 Å². The van der Waals surface area contributed by atoms with Gasteiger partial charge in [-0.05, 0) is 89.7 Å². The molecule has 0 amide bonds. The molecule has 2 heteroatoms. The summed E-state index contributed by atoms with van der Waals surface area (Å²) in [6.07, 6.45) is 14.0. The summed E-state index contributed by atoms with van der Waals surface area (Å²) < 4.78 is 7.10.